The zero-order chi connectivity index (χ0) is 21.5. The molecule has 0 spiro atoms. The quantitative estimate of drug-likeness (QED) is 0.432. The number of hydrogen-bond acceptors (Lipinski definition) is 7. The number of nitriles is 1. The second-order valence-electron chi connectivity index (χ2n) is 6.12. The Bertz CT molecular complexity index is 1150. The smallest absolute Gasteiger partial charge is 0.338 e. The van der Waals surface area contributed by atoms with Gasteiger partial charge in [-0.05, 0) is 38.1 Å². The zero-order valence-corrected chi connectivity index (χ0v) is 16.7. The number of benzene rings is 2. The Labute approximate surface area is 174 Å². The minimum Gasteiger partial charge on any atom is -0.465 e. The normalized spacial score (nSPS) is 10.8. The van der Waals surface area contributed by atoms with Gasteiger partial charge < -0.3 is 14.2 Å². The SMILES string of the molecule is CC=C(C(=O)OC)c1c(C)ncnc1Oc1cccc(Oc2ccccc2C#N)c1. The summed E-state index contributed by atoms with van der Waals surface area (Å²) < 4.78 is 16.7. The Morgan fingerprint density at radius 3 is 2.50 bits per heavy atom. The Balaban J connectivity index is 1.93. The number of allylic oxidation sites excluding steroid dienone is 1. The van der Waals surface area contributed by atoms with E-state index in [4.69, 9.17) is 14.2 Å². The number of hydrogen-bond donors (Lipinski definition) is 0. The first-order chi connectivity index (χ1) is 14.6. The fraction of sp³-hybridized carbons (Fsp3) is 0.130. The monoisotopic (exact) mass is 401 g/mol. The minimum atomic E-state index is -0.509. The predicted molar refractivity (Wildman–Crippen MR) is 110 cm³/mol. The van der Waals surface area contributed by atoms with E-state index >= 15 is 0 Å². The average molecular weight is 401 g/mol. The highest BCUT2D eigenvalue weighted by Crippen LogP contribution is 2.33. The molecule has 150 valence electrons. The van der Waals surface area contributed by atoms with E-state index in [1.165, 1.54) is 13.4 Å². The van der Waals surface area contributed by atoms with E-state index in [1.807, 2.05) is 0 Å². The molecule has 0 aliphatic carbocycles. The maximum atomic E-state index is 12.2. The second kappa shape index (κ2) is 9.34. The largest absolute Gasteiger partial charge is 0.465 e. The van der Waals surface area contributed by atoms with Crippen molar-refractivity contribution in [2.24, 2.45) is 0 Å². The first kappa shape index (κ1) is 20.6. The molecule has 0 radical (unpaired) electrons. The molecule has 1 aromatic heterocycles. The molecule has 0 bridgehead atoms. The highest BCUT2D eigenvalue weighted by atomic mass is 16.5. The van der Waals surface area contributed by atoms with Crippen molar-refractivity contribution in [3.8, 4) is 29.2 Å². The lowest BCUT2D eigenvalue weighted by Gasteiger charge is -2.14. The van der Waals surface area contributed by atoms with Crippen molar-refractivity contribution in [1.29, 1.82) is 5.26 Å². The lowest BCUT2D eigenvalue weighted by Crippen LogP contribution is -2.08. The van der Waals surface area contributed by atoms with E-state index in [-0.39, 0.29) is 5.88 Å². The molecule has 0 amide bonds. The molecule has 0 fully saturated rings. The van der Waals surface area contributed by atoms with Crippen LogP contribution in [0.1, 0.15) is 23.7 Å². The van der Waals surface area contributed by atoms with Crippen LogP contribution in [0, 0.1) is 18.3 Å². The van der Waals surface area contributed by atoms with Gasteiger partial charge in [0, 0.05) is 6.07 Å². The van der Waals surface area contributed by atoms with Crippen LogP contribution >= 0.6 is 0 Å². The number of carbonyl (C=O) groups is 1. The van der Waals surface area contributed by atoms with E-state index in [2.05, 4.69) is 16.0 Å². The molecule has 0 saturated carbocycles. The molecule has 1 heterocycles. The van der Waals surface area contributed by atoms with Crippen molar-refractivity contribution in [1.82, 2.24) is 9.97 Å². The summed E-state index contributed by atoms with van der Waals surface area (Å²) in [6.07, 6.45) is 2.99. The van der Waals surface area contributed by atoms with Gasteiger partial charge in [0.25, 0.3) is 0 Å². The fourth-order valence-corrected chi connectivity index (χ4v) is 2.80. The Kier molecular flexibility index (Phi) is 6.40. The first-order valence-corrected chi connectivity index (χ1v) is 9.08. The van der Waals surface area contributed by atoms with Crippen LogP contribution in [0.2, 0.25) is 0 Å². The van der Waals surface area contributed by atoms with Crippen LogP contribution in [-0.4, -0.2) is 23.0 Å². The van der Waals surface area contributed by atoms with Gasteiger partial charge in [0.15, 0.2) is 0 Å². The van der Waals surface area contributed by atoms with Gasteiger partial charge in [0.05, 0.1) is 29.5 Å². The van der Waals surface area contributed by atoms with Crippen molar-refractivity contribution < 1.29 is 19.0 Å². The topological polar surface area (TPSA) is 94.3 Å². The molecule has 0 atom stereocenters. The third kappa shape index (κ3) is 4.45. The molecule has 3 aromatic rings. The van der Waals surface area contributed by atoms with Gasteiger partial charge in [-0.3, -0.25) is 0 Å². The number of aromatic nitrogens is 2. The number of esters is 1. The second-order valence-corrected chi connectivity index (χ2v) is 6.12. The van der Waals surface area contributed by atoms with E-state index < -0.39 is 5.97 Å². The van der Waals surface area contributed by atoms with Crippen molar-refractivity contribution in [3.63, 3.8) is 0 Å². The standard InChI is InChI=1S/C23H19N3O4/c1-4-19(23(27)28-3)21-15(2)25-14-26-22(21)30-18-10-7-9-17(12-18)29-20-11-6-5-8-16(20)13-24/h4-12,14H,1-3H3. The summed E-state index contributed by atoms with van der Waals surface area (Å²) in [6, 6.07) is 16.0. The van der Waals surface area contributed by atoms with Crippen LogP contribution in [0.4, 0.5) is 0 Å². The van der Waals surface area contributed by atoms with Crippen LogP contribution in [0.3, 0.4) is 0 Å². The molecule has 0 saturated heterocycles. The number of methoxy groups -OCH3 is 1. The van der Waals surface area contributed by atoms with Crippen LogP contribution < -0.4 is 9.47 Å². The summed E-state index contributed by atoms with van der Waals surface area (Å²) in [5, 5.41) is 9.23. The lowest BCUT2D eigenvalue weighted by molar-refractivity contribution is -0.133. The third-order valence-corrected chi connectivity index (χ3v) is 4.22. The molecule has 2 aromatic carbocycles. The van der Waals surface area contributed by atoms with Gasteiger partial charge in [-0.15, -0.1) is 0 Å². The summed E-state index contributed by atoms with van der Waals surface area (Å²) in [5.41, 5.74) is 1.76. The number of carbonyl (C=O) groups excluding carboxylic acids is 1. The predicted octanol–water partition coefficient (Wildman–Crippen LogP) is 4.82. The van der Waals surface area contributed by atoms with Gasteiger partial charge in [-0.1, -0.05) is 24.3 Å². The van der Waals surface area contributed by atoms with Crippen molar-refractivity contribution in [3.05, 3.63) is 77.8 Å². The molecule has 0 unspecified atom stereocenters. The number of ether oxygens (including phenoxy) is 3. The van der Waals surface area contributed by atoms with Crippen LogP contribution in [0.5, 0.6) is 23.1 Å². The summed E-state index contributed by atoms with van der Waals surface area (Å²) in [7, 11) is 1.31. The highest BCUT2D eigenvalue weighted by molar-refractivity contribution is 6.17. The van der Waals surface area contributed by atoms with Gasteiger partial charge in [-0.25, -0.2) is 14.8 Å². The molecule has 0 aliphatic heterocycles. The Hall–Kier alpha value is -4.18. The molecular weight excluding hydrogens is 382 g/mol. The van der Waals surface area contributed by atoms with E-state index in [0.29, 0.717) is 39.6 Å². The van der Waals surface area contributed by atoms with Gasteiger partial charge in [-0.2, -0.15) is 5.26 Å². The van der Waals surface area contributed by atoms with Gasteiger partial charge in [0.1, 0.15) is 29.6 Å². The molecule has 7 nitrogen and oxygen atoms in total. The lowest BCUT2D eigenvalue weighted by atomic mass is 10.1. The van der Waals surface area contributed by atoms with Crippen LogP contribution in [0.25, 0.3) is 5.57 Å². The number of rotatable bonds is 6. The van der Waals surface area contributed by atoms with Crippen LogP contribution in [-0.2, 0) is 9.53 Å². The van der Waals surface area contributed by atoms with Crippen molar-refractivity contribution in [2.45, 2.75) is 13.8 Å². The molecule has 0 aliphatic rings. The summed E-state index contributed by atoms with van der Waals surface area (Å²) in [5.74, 6) is 1.09. The van der Waals surface area contributed by atoms with E-state index in [9.17, 15) is 10.1 Å². The summed E-state index contributed by atoms with van der Waals surface area (Å²) in [6.45, 7) is 3.48. The molecular formula is C23H19N3O4. The Morgan fingerprint density at radius 2 is 1.80 bits per heavy atom. The number of aryl methyl sites for hydroxylation is 1. The van der Waals surface area contributed by atoms with Gasteiger partial charge in [0.2, 0.25) is 5.88 Å². The van der Waals surface area contributed by atoms with E-state index in [0.717, 1.165) is 0 Å². The van der Waals surface area contributed by atoms with E-state index in [1.54, 1.807) is 68.5 Å². The molecule has 0 N–H and O–H groups in total. The van der Waals surface area contributed by atoms with Gasteiger partial charge >= 0.3 is 5.97 Å². The zero-order valence-electron chi connectivity index (χ0n) is 16.7. The van der Waals surface area contributed by atoms with Crippen molar-refractivity contribution >= 4 is 11.5 Å². The minimum absolute atomic E-state index is 0.218. The maximum absolute atomic E-state index is 12.2. The molecule has 3 rings (SSSR count). The number of nitrogens with zero attached hydrogens (tertiary/aromatic N) is 3. The maximum Gasteiger partial charge on any atom is 0.338 e. The van der Waals surface area contributed by atoms with Crippen LogP contribution in [0.15, 0.2) is 60.9 Å². The van der Waals surface area contributed by atoms with Crippen molar-refractivity contribution in [2.75, 3.05) is 7.11 Å². The Morgan fingerprint density at radius 1 is 1.07 bits per heavy atom. The fourth-order valence-electron chi connectivity index (χ4n) is 2.80. The first-order valence-electron chi connectivity index (χ1n) is 9.08. The highest BCUT2D eigenvalue weighted by Gasteiger charge is 2.21. The molecule has 7 heteroatoms. The summed E-state index contributed by atoms with van der Waals surface area (Å²) >= 11 is 0. The third-order valence-electron chi connectivity index (χ3n) is 4.22. The molecule has 30 heavy (non-hydrogen) atoms. The summed E-state index contributed by atoms with van der Waals surface area (Å²) in [4.78, 5) is 20.5. The number of para-hydroxylation sites is 1. The average Bonchev–Trinajstić information content (AvgIpc) is 2.76.